The average Bonchev–Trinajstić information content (AvgIpc) is 2.18. The molecule has 0 heterocycles. The Balaban J connectivity index is 0. The summed E-state index contributed by atoms with van der Waals surface area (Å²) in [7, 11) is 0.909. The summed E-state index contributed by atoms with van der Waals surface area (Å²) in [6, 6.07) is 0. The molecule has 0 aromatic heterocycles. The molecule has 14 heavy (non-hydrogen) atoms. The van der Waals surface area contributed by atoms with Gasteiger partial charge in [0.05, 0.1) is 0 Å². The standard InChI is InChI=1S/C5H13N.C5H14O2Si/c1-4-6(3)5-2;1-4-6-8(3)7-5-2/h4-5H2,1-3H3;8H,4-5H2,1-3H3. The lowest BCUT2D eigenvalue weighted by atomic mass is 10.6. The van der Waals surface area contributed by atoms with Crippen molar-refractivity contribution >= 4 is 9.28 Å². The molecule has 0 saturated carbocycles. The van der Waals surface area contributed by atoms with Crippen molar-refractivity contribution in [3.8, 4) is 0 Å². The molecule has 0 aliphatic carbocycles. The highest BCUT2D eigenvalue weighted by atomic mass is 28.3. The number of rotatable bonds is 6. The Morgan fingerprint density at radius 1 is 0.929 bits per heavy atom. The van der Waals surface area contributed by atoms with Gasteiger partial charge in [0.15, 0.2) is 0 Å². The number of hydrogen-bond donors (Lipinski definition) is 0. The van der Waals surface area contributed by atoms with E-state index in [1.807, 2.05) is 20.4 Å². The molecule has 3 nitrogen and oxygen atoms in total. The van der Waals surface area contributed by atoms with E-state index in [1.165, 1.54) is 0 Å². The molecule has 0 atom stereocenters. The summed E-state index contributed by atoms with van der Waals surface area (Å²) in [4.78, 5) is 2.25. The Hall–Kier alpha value is 0.0969. The van der Waals surface area contributed by atoms with Crippen molar-refractivity contribution in [1.82, 2.24) is 4.90 Å². The van der Waals surface area contributed by atoms with Crippen LogP contribution in [0.3, 0.4) is 0 Å². The molecule has 0 aliphatic heterocycles. The maximum absolute atomic E-state index is 5.20. The van der Waals surface area contributed by atoms with Gasteiger partial charge in [0, 0.05) is 13.2 Å². The third-order valence-corrected chi connectivity index (χ3v) is 3.49. The smallest absolute Gasteiger partial charge is 0.318 e. The molecule has 4 heteroatoms. The molecular weight excluding hydrogens is 194 g/mol. The molecule has 88 valence electrons. The molecule has 0 saturated heterocycles. The largest absolute Gasteiger partial charge is 0.397 e. The van der Waals surface area contributed by atoms with Crippen molar-refractivity contribution in [3.05, 3.63) is 0 Å². The van der Waals surface area contributed by atoms with Crippen LogP contribution in [0.5, 0.6) is 0 Å². The minimum Gasteiger partial charge on any atom is -0.397 e. The first-order valence-corrected chi connectivity index (χ1v) is 7.63. The van der Waals surface area contributed by atoms with Gasteiger partial charge in [-0.15, -0.1) is 0 Å². The monoisotopic (exact) mass is 221 g/mol. The zero-order valence-corrected chi connectivity index (χ0v) is 11.8. The summed E-state index contributed by atoms with van der Waals surface area (Å²) in [5.74, 6) is 0. The van der Waals surface area contributed by atoms with Crippen molar-refractivity contribution in [2.75, 3.05) is 33.4 Å². The topological polar surface area (TPSA) is 21.7 Å². The Kier molecular flexibility index (Phi) is 15.5. The van der Waals surface area contributed by atoms with Gasteiger partial charge in [0.2, 0.25) is 0 Å². The van der Waals surface area contributed by atoms with Crippen LogP contribution in [0.15, 0.2) is 0 Å². The van der Waals surface area contributed by atoms with Gasteiger partial charge in [-0.1, -0.05) is 13.8 Å². The minimum atomic E-state index is -1.20. The number of nitrogens with zero attached hydrogens (tertiary/aromatic N) is 1. The van der Waals surface area contributed by atoms with Crippen LogP contribution in [-0.2, 0) is 8.85 Å². The summed E-state index contributed by atoms with van der Waals surface area (Å²) in [6.45, 7) is 14.2. The highest BCUT2D eigenvalue weighted by Crippen LogP contribution is 1.85. The Morgan fingerprint density at radius 2 is 1.29 bits per heavy atom. The zero-order chi connectivity index (χ0) is 11.4. The highest BCUT2D eigenvalue weighted by Gasteiger charge is 1.99. The molecule has 0 aromatic rings. The van der Waals surface area contributed by atoms with Crippen LogP contribution < -0.4 is 0 Å². The molecule has 0 N–H and O–H groups in total. The molecule has 0 unspecified atom stereocenters. The second kappa shape index (κ2) is 13.1. The Bertz CT molecular complexity index is 94.1. The fourth-order valence-electron chi connectivity index (χ4n) is 0.741. The van der Waals surface area contributed by atoms with Crippen molar-refractivity contribution in [3.63, 3.8) is 0 Å². The molecule has 0 radical (unpaired) electrons. The molecule has 0 rings (SSSR count). The second-order valence-corrected chi connectivity index (χ2v) is 4.77. The van der Waals surface area contributed by atoms with E-state index < -0.39 is 9.28 Å². The number of hydrogen-bond acceptors (Lipinski definition) is 3. The second-order valence-electron chi connectivity index (χ2n) is 2.97. The Labute approximate surface area is 91.2 Å². The Morgan fingerprint density at radius 3 is 1.43 bits per heavy atom. The summed E-state index contributed by atoms with van der Waals surface area (Å²) in [6.07, 6.45) is 0. The van der Waals surface area contributed by atoms with Gasteiger partial charge in [-0.2, -0.15) is 0 Å². The molecule has 0 bridgehead atoms. The maximum atomic E-state index is 5.20. The molecule has 0 amide bonds. The maximum Gasteiger partial charge on any atom is 0.318 e. The molecular formula is C10H27NO2Si. The van der Waals surface area contributed by atoms with Crippen LogP contribution in [0.25, 0.3) is 0 Å². The first-order valence-electron chi connectivity index (χ1n) is 5.53. The quantitative estimate of drug-likeness (QED) is 0.639. The fraction of sp³-hybridized carbons (Fsp3) is 1.00. The van der Waals surface area contributed by atoms with Crippen LogP contribution in [0.2, 0.25) is 6.55 Å². The lowest BCUT2D eigenvalue weighted by Crippen LogP contribution is -2.17. The molecule has 0 fully saturated rings. The van der Waals surface area contributed by atoms with E-state index in [-0.39, 0.29) is 0 Å². The van der Waals surface area contributed by atoms with Crippen LogP contribution in [0, 0.1) is 0 Å². The lowest BCUT2D eigenvalue weighted by Gasteiger charge is -2.07. The van der Waals surface area contributed by atoms with Gasteiger partial charge in [0.1, 0.15) is 0 Å². The van der Waals surface area contributed by atoms with Gasteiger partial charge in [-0.05, 0) is 40.5 Å². The predicted molar refractivity (Wildman–Crippen MR) is 65.1 cm³/mol. The SMILES string of the molecule is CCN(C)CC.CCO[SiH](C)OCC. The van der Waals surface area contributed by atoms with E-state index >= 15 is 0 Å². The minimum absolute atomic E-state index is 0.785. The summed E-state index contributed by atoms with van der Waals surface area (Å²) in [5.41, 5.74) is 0. The van der Waals surface area contributed by atoms with E-state index in [0.717, 1.165) is 26.3 Å². The first kappa shape index (κ1) is 16.5. The molecule has 0 spiro atoms. The van der Waals surface area contributed by atoms with E-state index in [2.05, 4.69) is 25.8 Å². The third-order valence-electron chi connectivity index (χ3n) is 1.88. The van der Waals surface area contributed by atoms with Gasteiger partial charge >= 0.3 is 9.28 Å². The van der Waals surface area contributed by atoms with E-state index in [1.54, 1.807) is 0 Å². The zero-order valence-electron chi connectivity index (χ0n) is 10.7. The van der Waals surface area contributed by atoms with E-state index in [9.17, 15) is 0 Å². The summed E-state index contributed by atoms with van der Waals surface area (Å²) in [5, 5.41) is 0. The normalized spacial score (nSPS) is 10.3. The molecule has 0 aliphatic rings. The van der Waals surface area contributed by atoms with Crippen LogP contribution in [0.1, 0.15) is 27.7 Å². The van der Waals surface area contributed by atoms with Gasteiger partial charge in [-0.3, -0.25) is 0 Å². The van der Waals surface area contributed by atoms with Gasteiger partial charge in [0.25, 0.3) is 0 Å². The van der Waals surface area contributed by atoms with Gasteiger partial charge < -0.3 is 13.8 Å². The van der Waals surface area contributed by atoms with Crippen molar-refractivity contribution in [1.29, 1.82) is 0 Å². The van der Waals surface area contributed by atoms with E-state index in [4.69, 9.17) is 8.85 Å². The molecule has 0 aromatic carbocycles. The first-order chi connectivity index (χ1) is 6.62. The highest BCUT2D eigenvalue weighted by molar-refractivity contribution is 6.42. The predicted octanol–water partition coefficient (Wildman–Crippen LogP) is 1.87. The van der Waals surface area contributed by atoms with Crippen LogP contribution >= 0.6 is 0 Å². The lowest BCUT2D eigenvalue weighted by molar-refractivity contribution is 0.219. The summed E-state index contributed by atoms with van der Waals surface area (Å²) >= 11 is 0. The average molecular weight is 221 g/mol. The fourth-order valence-corrected chi connectivity index (χ4v) is 1.78. The van der Waals surface area contributed by atoms with Crippen molar-refractivity contribution in [2.24, 2.45) is 0 Å². The van der Waals surface area contributed by atoms with Crippen LogP contribution in [0.4, 0.5) is 0 Å². The van der Waals surface area contributed by atoms with Crippen molar-refractivity contribution in [2.45, 2.75) is 34.2 Å². The van der Waals surface area contributed by atoms with Crippen molar-refractivity contribution < 1.29 is 8.85 Å². The van der Waals surface area contributed by atoms with E-state index in [0.29, 0.717) is 0 Å². The van der Waals surface area contributed by atoms with Gasteiger partial charge in [-0.25, -0.2) is 0 Å². The van der Waals surface area contributed by atoms with Crippen LogP contribution in [-0.4, -0.2) is 47.5 Å². The summed E-state index contributed by atoms with van der Waals surface area (Å²) < 4.78 is 10.4. The third kappa shape index (κ3) is 14.6.